The van der Waals surface area contributed by atoms with Gasteiger partial charge in [-0.05, 0) is 18.9 Å². The summed E-state index contributed by atoms with van der Waals surface area (Å²) in [4.78, 5) is 31.8. The maximum Gasteiger partial charge on any atom is 0.389 e. The quantitative estimate of drug-likeness (QED) is 0.741. The first-order chi connectivity index (χ1) is 14.7. The van der Waals surface area contributed by atoms with E-state index in [0.717, 1.165) is 11.1 Å². The third kappa shape index (κ3) is 5.31. The van der Waals surface area contributed by atoms with Crippen molar-refractivity contribution in [2.24, 2.45) is 10.9 Å². The van der Waals surface area contributed by atoms with E-state index in [9.17, 15) is 22.8 Å². The molecule has 2 amide bonds. The molecule has 1 heterocycles. The minimum absolute atomic E-state index is 0.230. The summed E-state index contributed by atoms with van der Waals surface area (Å²) in [5.41, 5.74) is 2.66. The van der Waals surface area contributed by atoms with E-state index in [2.05, 4.69) is 10.3 Å². The van der Waals surface area contributed by atoms with Gasteiger partial charge in [-0.1, -0.05) is 55.5 Å². The third-order valence-corrected chi connectivity index (χ3v) is 5.31. The van der Waals surface area contributed by atoms with E-state index in [-0.39, 0.29) is 12.8 Å². The Morgan fingerprint density at radius 2 is 1.77 bits per heavy atom. The van der Waals surface area contributed by atoms with Crippen molar-refractivity contribution in [1.29, 1.82) is 0 Å². The average molecular weight is 431 g/mol. The van der Waals surface area contributed by atoms with Gasteiger partial charge in [-0.15, -0.1) is 0 Å². The fourth-order valence-corrected chi connectivity index (χ4v) is 3.55. The number of anilines is 1. The molecule has 0 spiro atoms. The molecular formula is C23H24F3N3O2. The summed E-state index contributed by atoms with van der Waals surface area (Å²) in [5.74, 6) is -1.93. The number of para-hydroxylation sites is 1. The lowest BCUT2D eigenvalue weighted by Gasteiger charge is -2.22. The molecule has 0 unspecified atom stereocenters. The standard InChI is InChI=1S/C23H24F3N3O2/c1-3-15(13-14-23(24,25)26)21(30)28-20-22(31)29(2)18-12-8-7-11-17(18)19(27-20)16-9-5-4-6-10-16/h4-12,15,20H,3,13-14H2,1-2H3,(H,28,30)/t15-,20+/m0/s1. The summed E-state index contributed by atoms with van der Waals surface area (Å²) in [7, 11) is 1.59. The number of amides is 2. The van der Waals surface area contributed by atoms with Gasteiger partial charge in [-0.3, -0.25) is 9.59 Å². The number of nitrogens with zero attached hydrogens (tertiary/aromatic N) is 2. The second kappa shape index (κ2) is 9.32. The van der Waals surface area contributed by atoms with E-state index in [1.807, 2.05) is 42.5 Å². The Morgan fingerprint density at radius 3 is 2.42 bits per heavy atom. The van der Waals surface area contributed by atoms with Crippen molar-refractivity contribution in [2.45, 2.75) is 38.5 Å². The van der Waals surface area contributed by atoms with Gasteiger partial charge < -0.3 is 10.2 Å². The van der Waals surface area contributed by atoms with Crippen LogP contribution in [0, 0.1) is 5.92 Å². The molecule has 2 aromatic rings. The van der Waals surface area contributed by atoms with Crippen molar-refractivity contribution in [3.63, 3.8) is 0 Å². The Morgan fingerprint density at radius 1 is 1.13 bits per heavy atom. The topological polar surface area (TPSA) is 61.8 Å². The number of benzodiazepines with no additional fused rings is 1. The van der Waals surface area contributed by atoms with Gasteiger partial charge in [0.1, 0.15) is 0 Å². The molecule has 8 heteroatoms. The Bertz CT molecular complexity index is 974. The highest BCUT2D eigenvalue weighted by Crippen LogP contribution is 2.28. The SMILES string of the molecule is CC[C@@H](CCC(F)(F)F)C(=O)N[C@H]1N=C(c2ccccc2)c2ccccc2N(C)C1=O. The molecule has 0 aliphatic carbocycles. The van der Waals surface area contributed by atoms with E-state index in [1.54, 1.807) is 26.1 Å². The van der Waals surface area contributed by atoms with Crippen molar-refractivity contribution >= 4 is 23.2 Å². The highest BCUT2D eigenvalue weighted by atomic mass is 19.4. The summed E-state index contributed by atoms with van der Waals surface area (Å²) in [6.07, 6.45) is -6.74. The summed E-state index contributed by atoms with van der Waals surface area (Å²) in [6, 6.07) is 16.5. The van der Waals surface area contributed by atoms with Gasteiger partial charge in [0.15, 0.2) is 0 Å². The number of alkyl halides is 3. The van der Waals surface area contributed by atoms with E-state index >= 15 is 0 Å². The Labute approximate surface area is 179 Å². The number of fused-ring (bicyclic) bond motifs is 1. The summed E-state index contributed by atoms with van der Waals surface area (Å²) >= 11 is 0. The van der Waals surface area contributed by atoms with Crippen molar-refractivity contribution in [2.75, 3.05) is 11.9 Å². The number of halogens is 3. The van der Waals surface area contributed by atoms with Gasteiger partial charge in [-0.2, -0.15) is 13.2 Å². The van der Waals surface area contributed by atoms with Crippen molar-refractivity contribution in [3.05, 3.63) is 65.7 Å². The minimum atomic E-state index is -4.34. The largest absolute Gasteiger partial charge is 0.389 e. The first-order valence-corrected chi connectivity index (χ1v) is 10.1. The van der Waals surface area contributed by atoms with Crippen LogP contribution in [0.2, 0.25) is 0 Å². The van der Waals surface area contributed by atoms with Crippen LogP contribution in [0.5, 0.6) is 0 Å². The zero-order valence-corrected chi connectivity index (χ0v) is 17.3. The minimum Gasteiger partial charge on any atom is -0.326 e. The van der Waals surface area contributed by atoms with Crippen molar-refractivity contribution < 1.29 is 22.8 Å². The molecule has 3 rings (SSSR count). The highest BCUT2D eigenvalue weighted by molar-refractivity contribution is 6.20. The van der Waals surface area contributed by atoms with Crippen LogP contribution in [0.15, 0.2) is 59.6 Å². The fraction of sp³-hybridized carbons (Fsp3) is 0.348. The van der Waals surface area contributed by atoms with Crippen LogP contribution >= 0.6 is 0 Å². The predicted octanol–water partition coefficient (Wildman–Crippen LogP) is 4.31. The molecule has 0 radical (unpaired) electrons. The van der Waals surface area contributed by atoms with Crippen LogP contribution in [0.25, 0.3) is 0 Å². The molecule has 0 aromatic heterocycles. The first-order valence-electron chi connectivity index (χ1n) is 10.1. The smallest absolute Gasteiger partial charge is 0.326 e. The van der Waals surface area contributed by atoms with Crippen LogP contribution < -0.4 is 10.2 Å². The second-order valence-corrected chi connectivity index (χ2v) is 7.43. The molecule has 1 aliphatic heterocycles. The number of carbonyl (C=O) groups is 2. The van der Waals surface area contributed by atoms with Gasteiger partial charge in [-0.25, -0.2) is 4.99 Å². The van der Waals surface area contributed by atoms with E-state index < -0.39 is 36.5 Å². The number of nitrogens with one attached hydrogen (secondary N) is 1. The van der Waals surface area contributed by atoms with Gasteiger partial charge in [0.05, 0.1) is 11.4 Å². The Balaban J connectivity index is 1.94. The number of rotatable bonds is 6. The monoisotopic (exact) mass is 431 g/mol. The summed E-state index contributed by atoms with van der Waals surface area (Å²) < 4.78 is 37.9. The van der Waals surface area contributed by atoms with Crippen LogP contribution in [-0.2, 0) is 9.59 Å². The number of hydrogen-bond acceptors (Lipinski definition) is 3. The van der Waals surface area contributed by atoms with Crippen LogP contribution in [0.4, 0.5) is 18.9 Å². The lowest BCUT2D eigenvalue weighted by Crippen LogP contribution is -2.47. The number of aliphatic imine (C=N–C) groups is 1. The molecule has 0 saturated carbocycles. The van der Waals surface area contributed by atoms with Gasteiger partial charge in [0, 0.05) is 30.5 Å². The van der Waals surface area contributed by atoms with Crippen molar-refractivity contribution in [1.82, 2.24) is 5.32 Å². The zero-order valence-electron chi connectivity index (χ0n) is 17.3. The maximum atomic E-state index is 13.1. The Kier molecular flexibility index (Phi) is 6.77. The van der Waals surface area contributed by atoms with E-state index in [1.165, 1.54) is 4.90 Å². The molecule has 5 nitrogen and oxygen atoms in total. The highest BCUT2D eigenvalue weighted by Gasteiger charge is 2.34. The van der Waals surface area contributed by atoms with Crippen molar-refractivity contribution in [3.8, 4) is 0 Å². The lowest BCUT2D eigenvalue weighted by atomic mass is 9.99. The zero-order chi connectivity index (χ0) is 22.6. The number of hydrogen-bond donors (Lipinski definition) is 1. The number of likely N-dealkylation sites (N-methyl/N-ethyl adjacent to an activating group) is 1. The van der Waals surface area contributed by atoms with E-state index in [4.69, 9.17) is 0 Å². The fourth-order valence-electron chi connectivity index (χ4n) is 3.55. The molecule has 0 bridgehead atoms. The maximum absolute atomic E-state index is 13.1. The van der Waals surface area contributed by atoms with Gasteiger partial charge in [0.2, 0.25) is 12.1 Å². The molecule has 2 atom stereocenters. The van der Waals surface area contributed by atoms with Gasteiger partial charge >= 0.3 is 6.18 Å². The molecule has 31 heavy (non-hydrogen) atoms. The first kappa shape index (κ1) is 22.5. The van der Waals surface area contributed by atoms with Gasteiger partial charge in [0.25, 0.3) is 5.91 Å². The number of benzene rings is 2. The normalized spacial score (nSPS) is 17.5. The van der Waals surface area contributed by atoms with E-state index in [0.29, 0.717) is 11.4 Å². The molecule has 0 saturated heterocycles. The summed E-state index contributed by atoms with van der Waals surface area (Å²) in [5, 5.41) is 2.58. The lowest BCUT2D eigenvalue weighted by molar-refractivity contribution is -0.142. The molecule has 1 aliphatic rings. The average Bonchev–Trinajstić information content (AvgIpc) is 2.85. The number of carbonyl (C=O) groups excluding carboxylic acids is 2. The molecule has 164 valence electrons. The van der Waals surface area contributed by atoms with Crippen LogP contribution in [-0.4, -0.2) is 36.9 Å². The van der Waals surface area contributed by atoms with Crippen LogP contribution in [0.3, 0.4) is 0 Å². The third-order valence-electron chi connectivity index (χ3n) is 5.31. The summed E-state index contributed by atoms with van der Waals surface area (Å²) in [6.45, 7) is 1.65. The molecule has 2 aromatic carbocycles. The molecule has 0 fully saturated rings. The Hall–Kier alpha value is -3.16. The predicted molar refractivity (Wildman–Crippen MR) is 113 cm³/mol. The molecular weight excluding hydrogens is 407 g/mol. The second-order valence-electron chi connectivity index (χ2n) is 7.43. The van der Waals surface area contributed by atoms with Crippen LogP contribution in [0.1, 0.15) is 37.3 Å². The molecule has 1 N–H and O–H groups in total.